The highest BCUT2D eigenvalue weighted by Crippen LogP contribution is 2.27. The van der Waals surface area contributed by atoms with E-state index in [2.05, 4.69) is 0 Å². The quantitative estimate of drug-likeness (QED) is 0.583. The van der Waals surface area contributed by atoms with Crippen LogP contribution in [0.15, 0.2) is 23.1 Å². The molecule has 0 radical (unpaired) electrons. The molecular formula is C10H12IO3S-. The molecule has 15 heavy (non-hydrogen) atoms. The Morgan fingerprint density at radius 3 is 2.13 bits per heavy atom. The molecule has 0 unspecified atom stereocenters. The van der Waals surface area contributed by atoms with E-state index in [0.717, 1.165) is 5.56 Å². The minimum Gasteiger partial charge on any atom is -0.744 e. The highest BCUT2D eigenvalue weighted by atomic mass is 127. The van der Waals surface area contributed by atoms with Crippen molar-refractivity contribution in [2.75, 3.05) is 0 Å². The molecule has 0 fully saturated rings. The summed E-state index contributed by atoms with van der Waals surface area (Å²) < 4.78 is 33.0. The Kier molecular flexibility index (Phi) is 3.47. The van der Waals surface area contributed by atoms with Gasteiger partial charge in [-0.25, -0.2) is 8.42 Å². The largest absolute Gasteiger partial charge is 0.744 e. The zero-order valence-electron chi connectivity index (χ0n) is 8.74. The fourth-order valence-corrected chi connectivity index (χ4v) is 3.03. The minimum absolute atomic E-state index is 0.0505. The maximum Gasteiger partial charge on any atom is 0.125 e. The molecule has 5 heteroatoms. The van der Waals surface area contributed by atoms with Crippen molar-refractivity contribution in [3.63, 3.8) is 0 Å². The van der Waals surface area contributed by atoms with Crippen LogP contribution in [0.4, 0.5) is 0 Å². The van der Waals surface area contributed by atoms with Crippen LogP contribution >= 0.6 is 22.6 Å². The fourth-order valence-electron chi connectivity index (χ4n) is 1.17. The monoisotopic (exact) mass is 339 g/mol. The first-order valence-corrected chi connectivity index (χ1v) is 6.87. The van der Waals surface area contributed by atoms with Gasteiger partial charge in [-0.3, -0.25) is 0 Å². The van der Waals surface area contributed by atoms with Crippen LogP contribution < -0.4 is 0 Å². The standard InChI is InChI=1S/C10H13IO3S/c1-10(2,3)7-4-5-9(8(11)6-7)15(12,13)14/h4-6H,1-3H3,(H,12,13,14)/p-1. The number of benzene rings is 1. The molecule has 0 heterocycles. The summed E-state index contributed by atoms with van der Waals surface area (Å²) in [5.74, 6) is 0. The van der Waals surface area contributed by atoms with E-state index >= 15 is 0 Å². The summed E-state index contributed by atoms with van der Waals surface area (Å²) in [4.78, 5) is -0.142. The molecule has 0 aliphatic carbocycles. The van der Waals surface area contributed by atoms with E-state index in [0.29, 0.717) is 3.57 Å². The van der Waals surface area contributed by atoms with E-state index in [1.165, 1.54) is 6.07 Å². The van der Waals surface area contributed by atoms with Crippen molar-refractivity contribution in [1.82, 2.24) is 0 Å². The first-order chi connectivity index (χ1) is 6.62. The van der Waals surface area contributed by atoms with Crippen LogP contribution in [0.2, 0.25) is 0 Å². The molecule has 1 aromatic carbocycles. The van der Waals surface area contributed by atoms with Gasteiger partial charge in [0, 0.05) is 3.57 Å². The lowest BCUT2D eigenvalue weighted by Crippen LogP contribution is -2.12. The summed E-state index contributed by atoms with van der Waals surface area (Å²) in [6, 6.07) is 4.81. The molecule has 0 aliphatic heterocycles. The molecule has 84 valence electrons. The Morgan fingerprint density at radius 2 is 1.80 bits per heavy atom. The molecule has 0 bridgehead atoms. The molecule has 0 saturated heterocycles. The van der Waals surface area contributed by atoms with Crippen LogP contribution in [0.5, 0.6) is 0 Å². The van der Waals surface area contributed by atoms with Crippen molar-refractivity contribution < 1.29 is 13.0 Å². The maximum absolute atomic E-state index is 10.9. The Labute approximate surface area is 104 Å². The molecule has 0 aromatic heterocycles. The molecule has 0 atom stereocenters. The number of halogens is 1. The minimum atomic E-state index is -4.35. The first kappa shape index (κ1) is 12.9. The van der Waals surface area contributed by atoms with Gasteiger partial charge < -0.3 is 4.55 Å². The summed E-state index contributed by atoms with van der Waals surface area (Å²) in [6.45, 7) is 6.09. The lowest BCUT2D eigenvalue weighted by Gasteiger charge is -2.20. The molecule has 0 amide bonds. The molecular weight excluding hydrogens is 327 g/mol. The lowest BCUT2D eigenvalue weighted by molar-refractivity contribution is 0.462. The smallest absolute Gasteiger partial charge is 0.125 e. The second-order valence-corrected chi connectivity index (χ2v) is 6.86. The van der Waals surface area contributed by atoms with Gasteiger partial charge in [0.2, 0.25) is 0 Å². The third-order valence-corrected chi connectivity index (χ3v) is 4.22. The Bertz CT molecular complexity index is 472. The van der Waals surface area contributed by atoms with Crippen LogP contribution in [-0.2, 0) is 15.5 Å². The van der Waals surface area contributed by atoms with Gasteiger partial charge in [-0.2, -0.15) is 0 Å². The zero-order chi connectivity index (χ0) is 11.9. The van der Waals surface area contributed by atoms with Gasteiger partial charge in [0.05, 0.1) is 4.90 Å². The molecule has 0 saturated carbocycles. The molecule has 3 nitrogen and oxygen atoms in total. The molecule has 1 rings (SSSR count). The first-order valence-electron chi connectivity index (χ1n) is 4.38. The molecule has 0 aliphatic rings. The van der Waals surface area contributed by atoms with Crippen LogP contribution in [0, 0.1) is 3.57 Å². The lowest BCUT2D eigenvalue weighted by atomic mass is 9.87. The van der Waals surface area contributed by atoms with Crippen LogP contribution in [0.25, 0.3) is 0 Å². The van der Waals surface area contributed by atoms with E-state index in [-0.39, 0.29) is 10.3 Å². The van der Waals surface area contributed by atoms with Crippen LogP contribution in [0.3, 0.4) is 0 Å². The third-order valence-electron chi connectivity index (χ3n) is 2.07. The second-order valence-electron chi connectivity index (χ2n) is 4.35. The second kappa shape index (κ2) is 4.03. The third kappa shape index (κ3) is 3.15. The van der Waals surface area contributed by atoms with Crippen LogP contribution in [0.1, 0.15) is 26.3 Å². The van der Waals surface area contributed by atoms with Gasteiger partial charge in [0.1, 0.15) is 10.1 Å². The SMILES string of the molecule is CC(C)(C)c1ccc(S(=O)(=O)[O-])c(I)c1. The average molecular weight is 339 g/mol. The van der Waals surface area contributed by atoms with Crippen molar-refractivity contribution in [1.29, 1.82) is 0 Å². The van der Waals surface area contributed by atoms with Crippen molar-refractivity contribution in [2.24, 2.45) is 0 Å². The number of hydrogen-bond donors (Lipinski definition) is 0. The highest BCUT2D eigenvalue weighted by Gasteiger charge is 2.16. The van der Waals surface area contributed by atoms with Gasteiger partial charge >= 0.3 is 0 Å². The Morgan fingerprint density at radius 1 is 1.27 bits per heavy atom. The summed E-state index contributed by atoms with van der Waals surface area (Å²) in [7, 11) is -4.35. The molecule has 0 spiro atoms. The zero-order valence-corrected chi connectivity index (χ0v) is 11.7. The van der Waals surface area contributed by atoms with Gasteiger partial charge in [-0.15, -0.1) is 0 Å². The Hall–Kier alpha value is -0.140. The van der Waals surface area contributed by atoms with Crippen molar-refractivity contribution in [2.45, 2.75) is 31.1 Å². The fraction of sp³-hybridized carbons (Fsp3) is 0.400. The summed E-state index contributed by atoms with van der Waals surface area (Å²) in [5.41, 5.74) is 0.963. The van der Waals surface area contributed by atoms with Crippen LogP contribution in [-0.4, -0.2) is 13.0 Å². The Balaban J connectivity index is 3.34. The average Bonchev–Trinajstić information content (AvgIpc) is 1.99. The van der Waals surface area contributed by atoms with E-state index in [9.17, 15) is 13.0 Å². The van der Waals surface area contributed by atoms with Crippen molar-refractivity contribution in [3.8, 4) is 0 Å². The molecule has 0 N–H and O–H groups in total. The number of rotatable bonds is 1. The van der Waals surface area contributed by atoms with E-state index in [1.54, 1.807) is 12.1 Å². The van der Waals surface area contributed by atoms with E-state index < -0.39 is 10.1 Å². The highest BCUT2D eigenvalue weighted by molar-refractivity contribution is 14.1. The predicted octanol–water partition coefficient (Wildman–Crippen LogP) is 2.49. The molecule has 1 aromatic rings. The topological polar surface area (TPSA) is 57.2 Å². The predicted molar refractivity (Wildman–Crippen MR) is 65.8 cm³/mol. The van der Waals surface area contributed by atoms with Crippen molar-refractivity contribution in [3.05, 3.63) is 27.3 Å². The van der Waals surface area contributed by atoms with Gasteiger partial charge in [0.15, 0.2) is 0 Å². The summed E-state index contributed by atoms with van der Waals surface area (Å²) in [6.07, 6.45) is 0. The summed E-state index contributed by atoms with van der Waals surface area (Å²) in [5, 5.41) is 0. The van der Waals surface area contributed by atoms with Gasteiger partial charge in [0.25, 0.3) is 0 Å². The normalized spacial score (nSPS) is 12.9. The summed E-state index contributed by atoms with van der Waals surface area (Å²) >= 11 is 1.87. The number of hydrogen-bond acceptors (Lipinski definition) is 3. The van der Waals surface area contributed by atoms with Crippen molar-refractivity contribution >= 4 is 32.7 Å². The van der Waals surface area contributed by atoms with Gasteiger partial charge in [-0.05, 0) is 45.7 Å². The maximum atomic E-state index is 10.9. The van der Waals surface area contributed by atoms with Gasteiger partial charge in [-0.1, -0.05) is 26.8 Å². The van der Waals surface area contributed by atoms with E-state index in [1.807, 2.05) is 43.4 Å². The van der Waals surface area contributed by atoms with E-state index in [4.69, 9.17) is 0 Å².